The summed E-state index contributed by atoms with van der Waals surface area (Å²) in [4.78, 5) is 2.61. The zero-order chi connectivity index (χ0) is 26.3. The maximum absolute atomic E-state index is 5.90. The van der Waals surface area contributed by atoms with Gasteiger partial charge in [0.2, 0.25) is 0 Å². The summed E-state index contributed by atoms with van der Waals surface area (Å²) in [5.41, 5.74) is 5.20. The fraction of sp³-hybridized carbons (Fsp3) is 0.484. The highest BCUT2D eigenvalue weighted by Crippen LogP contribution is 2.68. The molecule has 0 unspecified atom stereocenters. The minimum Gasteiger partial charge on any atom is -0.379 e. The summed E-state index contributed by atoms with van der Waals surface area (Å²) in [6.45, 7) is 10.00. The van der Waals surface area contributed by atoms with E-state index in [4.69, 9.17) is 19.0 Å². The Kier molecular flexibility index (Phi) is 8.94. The number of ether oxygens (including phenoxy) is 3. The van der Waals surface area contributed by atoms with Crippen molar-refractivity contribution in [1.82, 2.24) is 14.2 Å². The SMILES string of the molecule is C(=C1/CCCC(P(=Nc2ccccc2)(N2CCOCC2)N2CCOCC2)=C1N1CCOCC1)/c1ccccc1. The Hall–Kier alpha value is -2.25. The van der Waals surface area contributed by atoms with E-state index in [1.54, 1.807) is 0 Å². The van der Waals surface area contributed by atoms with Gasteiger partial charge in [0.1, 0.15) is 7.36 Å². The molecule has 0 spiro atoms. The Balaban J connectivity index is 1.62. The molecule has 3 heterocycles. The summed E-state index contributed by atoms with van der Waals surface area (Å²) in [6, 6.07) is 21.5. The van der Waals surface area contributed by atoms with Gasteiger partial charge < -0.3 is 19.1 Å². The average Bonchev–Trinajstić information content (AvgIpc) is 3.02. The van der Waals surface area contributed by atoms with Crippen LogP contribution in [0.1, 0.15) is 24.8 Å². The molecule has 2 aromatic carbocycles. The van der Waals surface area contributed by atoms with Crippen molar-refractivity contribution in [3.63, 3.8) is 0 Å². The Morgan fingerprint density at radius 1 is 0.641 bits per heavy atom. The van der Waals surface area contributed by atoms with E-state index in [1.165, 1.54) is 22.1 Å². The summed E-state index contributed by atoms with van der Waals surface area (Å²) < 4.78 is 28.9. The molecular weight excluding hydrogens is 507 g/mol. The molecule has 0 aromatic heterocycles. The standard InChI is InChI=1S/C31H41N4O3P/c1-3-8-27(9-4-1)26-28-10-7-13-30(31(28)33-14-20-36-21-15-33)39(34-16-22-37-23-17-34,35-18-24-38-25-19-35)32-29-11-5-2-6-12-29/h1-6,8-9,11-12,26H,7,10,13-25H2/b28-26+. The molecule has 8 heteroatoms. The van der Waals surface area contributed by atoms with Crippen molar-refractivity contribution < 1.29 is 14.2 Å². The molecule has 1 aliphatic carbocycles. The Labute approximate surface area is 233 Å². The highest BCUT2D eigenvalue weighted by atomic mass is 31.2. The Morgan fingerprint density at radius 2 is 1.18 bits per heavy atom. The van der Waals surface area contributed by atoms with Crippen molar-refractivity contribution >= 4 is 19.1 Å². The van der Waals surface area contributed by atoms with Crippen molar-refractivity contribution in [3.05, 3.63) is 82.8 Å². The first kappa shape index (κ1) is 26.9. The van der Waals surface area contributed by atoms with Crippen LogP contribution in [0.2, 0.25) is 0 Å². The number of allylic oxidation sites excluding steroid dienone is 2. The molecule has 0 N–H and O–H groups in total. The van der Waals surface area contributed by atoms with Crippen LogP contribution >= 0.6 is 7.36 Å². The molecule has 0 bridgehead atoms. The lowest BCUT2D eigenvalue weighted by atomic mass is 9.94. The van der Waals surface area contributed by atoms with E-state index in [9.17, 15) is 0 Å². The molecule has 3 aliphatic heterocycles. The minimum atomic E-state index is -2.32. The molecule has 39 heavy (non-hydrogen) atoms. The monoisotopic (exact) mass is 548 g/mol. The van der Waals surface area contributed by atoms with Crippen LogP contribution < -0.4 is 0 Å². The smallest absolute Gasteiger partial charge is 0.131 e. The fourth-order valence-corrected chi connectivity index (χ4v) is 10.6. The molecule has 208 valence electrons. The second-order valence-electron chi connectivity index (χ2n) is 10.5. The number of benzene rings is 2. The van der Waals surface area contributed by atoms with Gasteiger partial charge in [0, 0.05) is 50.3 Å². The van der Waals surface area contributed by atoms with Gasteiger partial charge in [-0.3, -0.25) is 0 Å². The van der Waals surface area contributed by atoms with Crippen LogP contribution in [0.25, 0.3) is 6.08 Å². The summed E-state index contributed by atoms with van der Waals surface area (Å²) in [7, 11) is -2.32. The zero-order valence-electron chi connectivity index (χ0n) is 22.9. The largest absolute Gasteiger partial charge is 0.379 e. The first-order valence-corrected chi connectivity index (χ1v) is 16.2. The molecule has 3 fully saturated rings. The van der Waals surface area contributed by atoms with E-state index in [1.807, 2.05) is 0 Å². The van der Waals surface area contributed by atoms with Crippen LogP contribution in [0, 0.1) is 0 Å². The van der Waals surface area contributed by atoms with Crippen LogP contribution in [-0.4, -0.2) is 93.2 Å². The highest BCUT2D eigenvalue weighted by Gasteiger charge is 2.43. The van der Waals surface area contributed by atoms with E-state index in [2.05, 4.69) is 81.0 Å². The van der Waals surface area contributed by atoms with Crippen LogP contribution in [0.15, 0.2) is 82.0 Å². The van der Waals surface area contributed by atoms with Crippen LogP contribution in [-0.2, 0) is 14.2 Å². The van der Waals surface area contributed by atoms with Gasteiger partial charge in [0.15, 0.2) is 0 Å². The maximum Gasteiger partial charge on any atom is 0.131 e. The highest BCUT2D eigenvalue weighted by molar-refractivity contribution is 7.66. The summed E-state index contributed by atoms with van der Waals surface area (Å²) in [5.74, 6) is 0. The molecule has 0 amide bonds. The lowest BCUT2D eigenvalue weighted by molar-refractivity contribution is 0.0526. The van der Waals surface area contributed by atoms with E-state index >= 15 is 0 Å². The number of morpholine rings is 3. The van der Waals surface area contributed by atoms with E-state index in [-0.39, 0.29) is 0 Å². The maximum atomic E-state index is 5.90. The molecule has 4 aliphatic rings. The number of rotatable bonds is 6. The van der Waals surface area contributed by atoms with Gasteiger partial charge >= 0.3 is 0 Å². The van der Waals surface area contributed by atoms with Crippen molar-refractivity contribution in [2.24, 2.45) is 4.74 Å². The lowest BCUT2D eigenvalue weighted by Gasteiger charge is -2.50. The number of hydrogen-bond acceptors (Lipinski definition) is 5. The van der Waals surface area contributed by atoms with Gasteiger partial charge in [-0.15, -0.1) is 0 Å². The quantitative estimate of drug-likeness (QED) is 0.424. The summed E-state index contributed by atoms with van der Waals surface area (Å²) >= 11 is 0. The Bertz CT molecular complexity index is 1180. The lowest BCUT2D eigenvalue weighted by Crippen LogP contribution is -2.45. The van der Waals surface area contributed by atoms with Gasteiger partial charge in [0.25, 0.3) is 0 Å². The number of hydrogen-bond donors (Lipinski definition) is 0. The third kappa shape index (κ3) is 5.95. The third-order valence-electron chi connectivity index (χ3n) is 8.04. The van der Waals surface area contributed by atoms with Crippen LogP contribution in [0.5, 0.6) is 0 Å². The fourth-order valence-electron chi connectivity index (χ4n) is 6.25. The molecule has 3 saturated heterocycles. The van der Waals surface area contributed by atoms with Crippen molar-refractivity contribution in [1.29, 1.82) is 0 Å². The second kappa shape index (κ2) is 12.9. The van der Waals surface area contributed by atoms with E-state index in [0.29, 0.717) is 0 Å². The van der Waals surface area contributed by atoms with Crippen LogP contribution in [0.3, 0.4) is 0 Å². The first-order chi connectivity index (χ1) is 19.3. The van der Waals surface area contributed by atoms with Crippen molar-refractivity contribution in [2.75, 3.05) is 78.9 Å². The second-order valence-corrected chi connectivity index (χ2v) is 13.5. The summed E-state index contributed by atoms with van der Waals surface area (Å²) in [6.07, 6.45) is 5.72. The molecule has 0 radical (unpaired) electrons. The predicted molar refractivity (Wildman–Crippen MR) is 158 cm³/mol. The van der Waals surface area contributed by atoms with Gasteiger partial charge in [-0.25, -0.2) is 14.1 Å². The molecular formula is C31H41N4O3P. The molecule has 2 aromatic rings. The predicted octanol–water partition coefficient (Wildman–Crippen LogP) is 5.83. The average molecular weight is 549 g/mol. The number of nitrogens with zero attached hydrogens (tertiary/aromatic N) is 4. The van der Waals surface area contributed by atoms with Crippen LogP contribution in [0.4, 0.5) is 5.69 Å². The van der Waals surface area contributed by atoms with Gasteiger partial charge in [0.05, 0.1) is 45.3 Å². The van der Waals surface area contributed by atoms with Crippen molar-refractivity contribution in [2.45, 2.75) is 19.3 Å². The van der Waals surface area contributed by atoms with E-state index in [0.717, 1.165) is 104 Å². The normalized spacial score (nSPS) is 23.3. The summed E-state index contributed by atoms with van der Waals surface area (Å²) in [5, 5.41) is 1.53. The molecule has 6 rings (SSSR count). The van der Waals surface area contributed by atoms with Crippen molar-refractivity contribution in [3.8, 4) is 0 Å². The third-order valence-corrected chi connectivity index (χ3v) is 12.1. The van der Waals surface area contributed by atoms with Gasteiger partial charge in [-0.05, 0) is 48.6 Å². The Morgan fingerprint density at radius 3 is 1.77 bits per heavy atom. The zero-order valence-corrected chi connectivity index (χ0v) is 23.8. The topological polar surface area (TPSA) is 49.8 Å². The molecule has 7 nitrogen and oxygen atoms in total. The van der Waals surface area contributed by atoms with Gasteiger partial charge in [-0.2, -0.15) is 0 Å². The first-order valence-electron chi connectivity index (χ1n) is 14.5. The van der Waals surface area contributed by atoms with Gasteiger partial charge in [-0.1, -0.05) is 48.5 Å². The molecule has 0 saturated carbocycles. The molecule has 0 atom stereocenters. The minimum absolute atomic E-state index is 0.753. The van der Waals surface area contributed by atoms with E-state index < -0.39 is 7.36 Å².